The maximum atomic E-state index is 6.27. The Balaban J connectivity index is 1.69. The fourth-order valence-electron chi connectivity index (χ4n) is 3.49. The van der Waals surface area contributed by atoms with E-state index in [0.29, 0.717) is 9.66 Å². The molecule has 29 heavy (non-hydrogen) atoms. The van der Waals surface area contributed by atoms with Crippen molar-refractivity contribution in [1.82, 2.24) is 9.97 Å². The molecule has 0 bridgehead atoms. The van der Waals surface area contributed by atoms with Crippen LogP contribution >= 0.6 is 23.8 Å². The number of hydrogen-bond acceptors (Lipinski definition) is 2. The van der Waals surface area contributed by atoms with E-state index < -0.39 is 0 Å². The van der Waals surface area contributed by atoms with Crippen LogP contribution in [0, 0.1) is 4.64 Å². The second kappa shape index (κ2) is 7.32. The first-order chi connectivity index (χ1) is 14.2. The van der Waals surface area contributed by atoms with E-state index >= 15 is 0 Å². The highest BCUT2D eigenvalue weighted by Crippen LogP contribution is 2.38. The monoisotopic (exact) mass is 413 g/mol. The summed E-state index contributed by atoms with van der Waals surface area (Å²) in [6.45, 7) is 0. The summed E-state index contributed by atoms with van der Waals surface area (Å²) in [5, 5.41) is 2.74. The van der Waals surface area contributed by atoms with Crippen LogP contribution in [0.5, 0.6) is 0 Å². The second-order valence-electron chi connectivity index (χ2n) is 6.80. The van der Waals surface area contributed by atoms with Crippen molar-refractivity contribution in [3.05, 3.63) is 94.1 Å². The lowest BCUT2D eigenvalue weighted by atomic mass is 10.1. The van der Waals surface area contributed by atoms with Crippen molar-refractivity contribution in [3.63, 3.8) is 0 Å². The summed E-state index contributed by atoms with van der Waals surface area (Å²) in [5.74, 6) is 0. The van der Waals surface area contributed by atoms with Crippen LogP contribution in [0.25, 0.3) is 33.1 Å². The summed E-state index contributed by atoms with van der Waals surface area (Å²) >= 11 is 11.8. The Kier molecular flexibility index (Phi) is 4.51. The van der Waals surface area contributed by atoms with Crippen molar-refractivity contribution in [2.45, 2.75) is 0 Å². The summed E-state index contributed by atoms with van der Waals surface area (Å²) < 4.78 is 0.659. The van der Waals surface area contributed by atoms with Crippen molar-refractivity contribution < 1.29 is 0 Å². The predicted octanol–water partition coefficient (Wildman–Crippen LogP) is 7.45. The molecule has 0 amide bonds. The Hall–Kier alpha value is -3.21. The van der Waals surface area contributed by atoms with Crippen LogP contribution in [0.4, 0.5) is 5.69 Å². The fraction of sp³-hybridized carbons (Fsp3) is 0. The highest BCUT2D eigenvalue weighted by Gasteiger charge is 2.13. The lowest BCUT2D eigenvalue weighted by Gasteiger charge is -2.02. The summed E-state index contributed by atoms with van der Waals surface area (Å²) in [5.41, 5.74) is 5.73. The van der Waals surface area contributed by atoms with E-state index in [9.17, 15) is 0 Å². The van der Waals surface area contributed by atoms with E-state index in [1.807, 2.05) is 60.8 Å². The molecule has 0 aliphatic carbocycles. The fourth-order valence-corrected chi connectivity index (χ4v) is 3.89. The molecule has 5 aromatic rings. The quantitative estimate of drug-likeness (QED) is 0.234. The Morgan fingerprint density at radius 1 is 0.828 bits per heavy atom. The van der Waals surface area contributed by atoms with E-state index in [1.165, 1.54) is 0 Å². The molecule has 5 heteroatoms. The predicted molar refractivity (Wildman–Crippen MR) is 125 cm³/mol. The van der Waals surface area contributed by atoms with Crippen LogP contribution in [0.3, 0.4) is 0 Å². The maximum absolute atomic E-state index is 6.27. The Labute approximate surface area is 177 Å². The van der Waals surface area contributed by atoms with Gasteiger partial charge in [0.2, 0.25) is 0 Å². The lowest BCUT2D eigenvalue weighted by Crippen LogP contribution is -1.88. The molecule has 140 valence electrons. The van der Waals surface area contributed by atoms with Crippen molar-refractivity contribution in [2.75, 3.05) is 0 Å². The topological polar surface area (TPSA) is 43.9 Å². The van der Waals surface area contributed by atoms with Crippen molar-refractivity contribution in [1.29, 1.82) is 0 Å². The number of nitrogens with one attached hydrogen (secondary N) is 2. The van der Waals surface area contributed by atoms with Gasteiger partial charge in [0.15, 0.2) is 0 Å². The third-order valence-electron chi connectivity index (χ3n) is 4.91. The number of rotatable bonds is 3. The van der Waals surface area contributed by atoms with E-state index in [-0.39, 0.29) is 0 Å². The van der Waals surface area contributed by atoms with Gasteiger partial charge >= 0.3 is 0 Å². The molecular weight excluding hydrogens is 398 g/mol. The Morgan fingerprint density at radius 3 is 2.48 bits per heavy atom. The first-order valence-corrected chi connectivity index (χ1v) is 10.0. The van der Waals surface area contributed by atoms with Crippen LogP contribution in [-0.4, -0.2) is 16.2 Å². The molecule has 0 aliphatic rings. The molecule has 3 nitrogen and oxygen atoms in total. The number of hydrogen-bond donors (Lipinski definition) is 2. The van der Waals surface area contributed by atoms with Crippen molar-refractivity contribution in [3.8, 4) is 11.3 Å². The first kappa shape index (κ1) is 17.9. The minimum Gasteiger partial charge on any atom is -0.353 e. The molecule has 0 fully saturated rings. The zero-order chi connectivity index (χ0) is 19.8. The minimum absolute atomic E-state index is 0.659. The van der Waals surface area contributed by atoms with Gasteiger partial charge in [-0.05, 0) is 35.7 Å². The zero-order valence-electron chi connectivity index (χ0n) is 15.3. The molecule has 0 spiro atoms. The first-order valence-electron chi connectivity index (χ1n) is 9.22. The van der Waals surface area contributed by atoms with Gasteiger partial charge in [-0.25, -0.2) is 0 Å². The van der Waals surface area contributed by atoms with Crippen LogP contribution in [-0.2, 0) is 0 Å². The minimum atomic E-state index is 0.659. The summed E-state index contributed by atoms with van der Waals surface area (Å²) in [4.78, 5) is 11.6. The van der Waals surface area contributed by atoms with Gasteiger partial charge in [0, 0.05) is 38.8 Å². The number of H-pyrrole nitrogens is 2. The van der Waals surface area contributed by atoms with Gasteiger partial charge in [0.25, 0.3) is 0 Å². The lowest BCUT2D eigenvalue weighted by molar-refractivity contribution is 1.36. The van der Waals surface area contributed by atoms with Gasteiger partial charge in [-0.1, -0.05) is 72.3 Å². The van der Waals surface area contributed by atoms with Gasteiger partial charge in [-0.15, -0.1) is 0 Å². The van der Waals surface area contributed by atoms with Crippen LogP contribution in [0.2, 0.25) is 5.02 Å². The number of para-hydroxylation sites is 1. The molecule has 0 atom stereocenters. The highest BCUT2D eigenvalue weighted by atomic mass is 35.5. The summed E-state index contributed by atoms with van der Waals surface area (Å²) in [6.07, 6.45) is 1.82. The molecule has 2 N–H and O–H groups in total. The largest absolute Gasteiger partial charge is 0.353 e. The third kappa shape index (κ3) is 3.37. The SMILES string of the molecule is S=c1[nH]c2ccccc2cc1C=Nc1c(-c2ccccc2)[nH]c2ccc(Cl)cc12. The van der Waals surface area contributed by atoms with Gasteiger partial charge in [-0.3, -0.25) is 4.99 Å². The van der Waals surface area contributed by atoms with Gasteiger partial charge in [0.05, 0.1) is 11.4 Å². The molecule has 2 heterocycles. The number of nitrogens with zero attached hydrogens (tertiary/aromatic N) is 1. The third-order valence-corrected chi connectivity index (χ3v) is 5.48. The average Bonchev–Trinajstić information content (AvgIpc) is 3.10. The molecule has 0 aliphatic heterocycles. The Bertz CT molecular complexity index is 1430. The Morgan fingerprint density at radius 2 is 1.62 bits per heavy atom. The summed E-state index contributed by atoms with van der Waals surface area (Å²) in [7, 11) is 0. The van der Waals surface area contributed by atoms with Crippen molar-refractivity contribution >= 4 is 57.5 Å². The van der Waals surface area contributed by atoms with E-state index in [1.54, 1.807) is 0 Å². The van der Waals surface area contributed by atoms with Crippen molar-refractivity contribution in [2.24, 2.45) is 4.99 Å². The number of pyridine rings is 1. The van der Waals surface area contributed by atoms with Gasteiger partial charge < -0.3 is 9.97 Å². The number of aromatic amines is 2. The maximum Gasteiger partial charge on any atom is 0.112 e. The van der Waals surface area contributed by atoms with Crippen LogP contribution < -0.4 is 0 Å². The molecule has 0 saturated heterocycles. The zero-order valence-corrected chi connectivity index (χ0v) is 16.9. The smallest absolute Gasteiger partial charge is 0.112 e. The molecule has 2 aromatic heterocycles. The van der Waals surface area contributed by atoms with Gasteiger partial charge in [-0.2, -0.15) is 0 Å². The molecule has 3 aromatic carbocycles. The number of aromatic nitrogens is 2. The molecule has 0 saturated carbocycles. The molecule has 5 rings (SSSR count). The number of halogens is 1. The highest BCUT2D eigenvalue weighted by molar-refractivity contribution is 7.71. The summed E-state index contributed by atoms with van der Waals surface area (Å²) in [6, 6.07) is 26.1. The van der Waals surface area contributed by atoms with E-state index in [0.717, 1.165) is 44.3 Å². The molecular formula is C24H16ClN3S. The number of aliphatic imine (C=N–C) groups is 1. The van der Waals surface area contributed by atoms with Crippen LogP contribution in [0.15, 0.2) is 83.9 Å². The van der Waals surface area contributed by atoms with Gasteiger partial charge in [0.1, 0.15) is 4.64 Å². The second-order valence-corrected chi connectivity index (χ2v) is 7.65. The number of fused-ring (bicyclic) bond motifs is 2. The van der Waals surface area contributed by atoms with E-state index in [4.69, 9.17) is 28.8 Å². The molecule has 0 unspecified atom stereocenters. The van der Waals surface area contributed by atoms with E-state index in [2.05, 4.69) is 34.2 Å². The van der Waals surface area contributed by atoms with Crippen LogP contribution in [0.1, 0.15) is 5.56 Å². The molecule has 0 radical (unpaired) electrons. The average molecular weight is 414 g/mol. The normalized spacial score (nSPS) is 11.6. The standard InChI is InChI=1S/C24H16ClN3S/c25-18-10-11-21-19(13-18)23(22(27-21)15-6-2-1-3-7-15)26-14-17-12-16-8-4-5-9-20(16)28-24(17)29/h1-14,27H,(H,28,29). The number of benzene rings is 3.